The van der Waals surface area contributed by atoms with Crippen LogP contribution < -0.4 is 11.1 Å². The van der Waals surface area contributed by atoms with Crippen LogP contribution in [0.2, 0.25) is 0 Å². The zero-order valence-corrected chi connectivity index (χ0v) is 13.1. The first-order valence-corrected chi connectivity index (χ1v) is 7.16. The van der Waals surface area contributed by atoms with E-state index in [1.807, 2.05) is 13.0 Å². The van der Waals surface area contributed by atoms with Crippen molar-refractivity contribution < 1.29 is 14.3 Å². The summed E-state index contributed by atoms with van der Waals surface area (Å²) in [5, 5.41) is 2.75. The number of nitrogen functional groups attached to an aromatic ring is 1. The van der Waals surface area contributed by atoms with Crippen LogP contribution in [0.3, 0.4) is 0 Å². The maximum absolute atomic E-state index is 12.0. The molecule has 0 bridgehead atoms. The van der Waals surface area contributed by atoms with E-state index in [1.54, 1.807) is 19.1 Å². The zero-order chi connectivity index (χ0) is 16.0. The summed E-state index contributed by atoms with van der Waals surface area (Å²) in [6, 6.07) is 5.12. The molecule has 1 unspecified atom stereocenters. The molecule has 0 aromatic heterocycles. The lowest BCUT2D eigenvalue weighted by atomic mass is 10.1. The normalized spacial score (nSPS) is 12.0. The number of rotatable bonds is 6. The van der Waals surface area contributed by atoms with Gasteiger partial charge in [0.15, 0.2) is 6.10 Å². The number of aryl methyl sites for hydroxylation is 1. The summed E-state index contributed by atoms with van der Waals surface area (Å²) in [6.07, 6.45) is 0.0432. The standard InChI is InChI=1S/C16H24N2O3/c1-10(2)7-8-18-15(19)12(4)21-16(20)13-9-11(3)5-6-14(13)17/h5-6,9-10,12H,7-8,17H2,1-4H3,(H,18,19). The van der Waals surface area contributed by atoms with E-state index in [4.69, 9.17) is 10.5 Å². The number of carbonyl (C=O) groups is 2. The van der Waals surface area contributed by atoms with Gasteiger partial charge in [0.1, 0.15) is 0 Å². The number of esters is 1. The summed E-state index contributed by atoms with van der Waals surface area (Å²) in [5.41, 5.74) is 7.30. The summed E-state index contributed by atoms with van der Waals surface area (Å²) in [5.74, 6) is -0.367. The molecule has 1 amide bonds. The van der Waals surface area contributed by atoms with Crippen molar-refractivity contribution >= 4 is 17.6 Å². The molecule has 1 rings (SSSR count). The van der Waals surface area contributed by atoms with Crippen LogP contribution in [0.15, 0.2) is 18.2 Å². The fourth-order valence-corrected chi connectivity index (χ4v) is 1.75. The molecule has 0 radical (unpaired) electrons. The number of nitrogens with two attached hydrogens (primary N) is 1. The Morgan fingerprint density at radius 3 is 2.57 bits per heavy atom. The maximum atomic E-state index is 12.0. The van der Waals surface area contributed by atoms with Gasteiger partial charge in [0, 0.05) is 12.2 Å². The Morgan fingerprint density at radius 2 is 1.95 bits per heavy atom. The molecule has 0 aliphatic heterocycles. The van der Waals surface area contributed by atoms with E-state index >= 15 is 0 Å². The molecule has 3 N–H and O–H groups in total. The molecule has 1 atom stereocenters. The first-order valence-electron chi connectivity index (χ1n) is 7.16. The molecule has 0 aliphatic carbocycles. The van der Waals surface area contributed by atoms with Gasteiger partial charge in [0.25, 0.3) is 5.91 Å². The molecule has 5 nitrogen and oxygen atoms in total. The highest BCUT2D eigenvalue weighted by Gasteiger charge is 2.20. The quantitative estimate of drug-likeness (QED) is 0.622. The fraction of sp³-hybridized carbons (Fsp3) is 0.500. The molecular formula is C16H24N2O3. The van der Waals surface area contributed by atoms with E-state index < -0.39 is 12.1 Å². The van der Waals surface area contributed by atoms with Crippen LogP contribution in [0.5, 0.6) is 0 Å². The van der Waals surface area contributed by atoms with Gasteiger partial charge >= 0.3 is 5.97 Å². The molecule has 0 saturated carbocycles. The molecule has 116 valence electrons. The molecule has 0 fully saturated rings. The van der Waals surface area contributed by atoms with E-state index in [9.17, 15) is 9.59 Å². The number of carbonyl (C=O) groups excluding carboxylic acids is 2. The Hall–Kier alpha value is -2.04. The van der Waals surface area contributed by atoms with Crippen molar-refractivity contribution in [1.29, 1.82) is 0 Å². The second-order valence-corrected chi connectivity index (χ2v) is 5.61. The van der Waals surface area contributed by atoms with E-state index in [1.165, 1.54) is 0 Å². The van der Waals surface area contributed by atoms with Crippen molar-refractivity contribution in [3.8, 4) is 0 Å². The van der Waals surface area contributed by atoms with Crippen LogP contribution in [-0.2, 0) is 9.53 Å². The van der Waals surface area contributed by atoms with Gasteiger partial charge in [-0.1, -0.05) is 25.5 Å². The number of anilines is 1. The third-order valence-corrected chi connectivity index (χ3v) is 3.10. The first-order chi connectivity index (χ1) is 9.81. The molecule has 5 heteroatoms. The van der Waals surface area contributed by atoms with Gasteiger partial charge in [-0.05, 0) is 38.3 Å². The van der Waals surface area contributed by atoms with Crippen molar-refractivity contribution in [2.24, 2.45) is 5.92 Å². The summed E-state index contributed by atoms with van der Waals surface area (Å²) < 4.78 is 5.16. The summed E-state index contributed by atoms with van der Waals surface area (Å²) in [6.45, 7) is 8.14. The SMILES string of the molecule is Cc1ccc(N)c(C(=O)OC(C)C(=O)NCCC(C)C)c1. The highest BCUT2D eigenvalue weighted by molar-refractivity contribution is 5.96. The minimum atomic E-state index is -0.843. The van der Waals surface area contributed by atoms with Gasteiger partial charge in [-0.25, -0.2) is 4.79 Å². The zero-order valence-electron chi connectivity index (χ0n) is 13.1. The second kappa shape index (κ2) is 7.67. The second-order valence-electron chi connectivity index (χ2n) is 5.61. The number of hydrogen-bond acceptors (Lipinski definition) is 4. The smallest absolute Gasteiger partial charge is 0.341 e. The van der Waals surface area contributed by atoms with Crippen LogP contribution in [-0.4, -0.2) is 24.5 Å². The van der Waals surface area contributed by atoms with Gasteiger partial charge in [-0.15, -0.1) is 0 Å². The molecule has 0 aliphatic rings. The van der Waals surface area contributed by atoms with Crippen molar-refractivity contribution in [3.63, 3.8) is 0 Å². The minimum absolute atomic E-state index is 0.289. The van der Waals surface area contributed by atoms with Gasteiger partial charge in [-0.3, -0.25) is 4.79 Å². The van der Waals surface area contributed by atoms with Crippen LogP contribution >= 0.6 is 0 Å². The largest absolute Gasteiger partial charge is 0.449 e. The Morgan fingerprint density at radius 1 is 1.29 bits per heavy atom. The average molecular weight is 292 g/mol. The van der Waals surface area contributed by atoms with E-state index in [-0.39, 0.29) is 11.5 Å². The monoisotopic (exact) mass is 292 g/mol. The highest BCUT2D eigenvalue weighted by Crippen LogP contribution is 2.15. The number of amides is 1. The molecule has 1 aromatic rings. The Labute approximate surface area is 125 Å². The minimum Gasteiger partial charge on any atom is -0.449 e. The van der Waals surface area contributed by atoms with Crippen LogP contribution in [0.1, 0.15) is 43.1 Å². The summed E-state index contributed by atoms with van der Waals surface area (Å²) in [7, 11) is 0. The molecule has 0 spiro atoms. The molecule has 0 heterocycles. The van der Waals surface area contributed by atoms with Crippen molar-refractivity contribution in [2.75, 3.05) is 12.3 Å². The third-order valence-electron chi connectivity index (χ3n) is 3.10. The average Bonchev–Trinajstić information content (AvgIpc) is 2.40. The topological polar surface area (TPSA) is 81.4 Å². The Kier molecular flexibility index (Phi) is 6.21. The molecule has 1 aromatic carbocycles. The number of nitrogens with one attached hydrogen (secondary N) is 1. The van der Waals surface area contributed by atoms with Crippen molar-refractivity contribution in [3.05, 3.63) is 29.3 Å². The fourth-order valence-electron chi connectivity index (χ4n) is 1.75. The van der Waals surface area contributed by atoms with Gasteiger partial charge in [-0.2, -0.15) is 0 Å². The van der Waals surface area contributed by atoms with Gasteiger partial charge in [0.05, 0.1) is 5.56 Å². The molecule has 0 saturated heterocycles. The molecular weight excluding hydrogens is 268 g/mol. The first kappa shape index (κ1) is 17.0. The Bertz CT molecular complexity index is 512. The predicted molar refractivity (Wildman–Crippen MR) is 82.9 cm³/mol. The summed E-state index contributed by atoms with van der Waals surface area (Å²) in [4.78, 5) is 23.9. The Balaban J connectivity index is 2.57. The number of hydrogen-bond donors (Lipinski definition) is 2. The predicted octanol–water partition coefficient (Wildman–Crippen LogP) is 2.28. The molecule has 21 heavy (non-hydrogen) atoms. The van der Waals surface area contributed by atoms with Crippen LogP contribution in [0.25, 0.3) is 0 Å². The lowest BCUT2D eigenvalue weighted by Gasteiger charge is -2.15. The number of ether oxygens (including phenoxy) is 1. The van der Waals surface area contributed by atoms with E-state index in [0.29, 0.717) is 18.2 Å². The lowest BCUT2D eigenvalue weighted by molar-refractivity contribution is -0.129. The summed E-state index contributed by atoms with van der Waals surface area (Å²) >= 11 is 0. The van der Waals surface area contributed by atoms with Crippen LogP contribution in [0, 0.1) is 12.8 Å². The number of benzene rings is 1. The van der Waals surface area contributed by atoms with Crippen LogP contribution in [0.4, 0.5) is 5.69 Å². The van der Waals surface area contributed by atoms with Crippen molar-refractivity contribution in [2.45, 2.75) is 40.2 Å². The maximum Gasteiger partial charge on any atom is 0.341 e. The van der Waals surface area contributed by atoms with E-state index in [2.05, 4.69) is 19.2 Å². The van der Waals surface area contributed by atoms with Gasteiger partial charge in [0.2, 0.25) is 0 Å². The third kappa shape index (κ3) is 5.45. The van der Waals surface area contributed by atoms with Gasteiger partial charge < -0.3 is 15.8 Å². The van der Waals surface area contributed by atoms with Crippen molar-refractivity contribution in [1.82, 2.24) is 5.32 Å². The van der Waals surface area contributed by atoms with E-state index in [0.717, 1.165) is 12.0 Å². The lowest BCUT2D eigenvalue weighted by Crippen LogP contribution is -2.36. The highest BCUT2D eigenvalue weighted by atomic mass is 16.5.